The fourth-order valence-corrected chi connectivity index (χ4v) is 0.493. The Morgan fingerprint density at radius 3 is 1.29 bits per heavy atom. The van der Waals surface area contributed by atoms with Crippen LogP contribution in [0.1, 0.15) is 0 Å². The SMILES string of the molecule is Br.Br.C[O][Zr][O]C. The number of rotatable bonds is 2. The Balaban J connectivity index is -0.0000000800. The van der Waals surface area contributed by atoms with Gasteiger partial charge in [0.25, 0.3) is 0 Å². The molecular formula is C2H8Br2O2Zr. The summed E-state index contributed by atoms with van der Waals surface area (Å²) in [5.74, 6) is 0. The number of hydrogen-bond acceptors (Lipinski definition) is 2. The fraction of sp³-hybridized carbons (Fsp3) is 1.00. The van der Waals surface area contributed by atoms with Crippen LogP contribution in [0.15, 0.2) is 0 Å². The van der Waals surface area contributed by atoms with Gasteiger partial charge in [-0.05, 0) is 0 Å². The van der Waals surface area contributed by atoms with Gasteiger partial charge in [-0.2, -0.15) is 0 Å². The molecule has 2 nitrogen and oxygen atoms in total. The summed E-state index contributed by atoms with van der Waals surface area (Å²) in [5, 5.41) is 0. The molecule has 0 aliphatic rings. The maximum atomic E-state index is 4.64. The van der Waals surface area contributed by atoms with E-state index in [9.17, 15) is 0 Å². The average molecular weight is 315 g/mol. The normalized spacial score (nSPS) is 5.43. The molecule has 0 aromatic carbocycles. The predicted octanol–water partition coefficient (Wildman–Crippen LogP) is 1.35. The van der Waals surface area contributed by atoms with Crippen molar-refractivity contribution in [2.45, 2.75) is 0 Å². The zero-order valence-corrected chi connectivity index (χ0v) is 10.0. The minimum absolute atomic E-state index is 0. The number of halogens is 2. The van der Waals surface area contributed by atoms with E-state index in [0.29, 0.717) is 0 Å². The van der Waals surface area contributed by atoms with Crippen molar-refractivity contribution in [1.29, 1.82) is 0 Å². The molecule has 0 aliphatic heterocycles. The van der Waals surface area contributed by atoms with Gasteiger partial charge in [0.2, 0.25) is 0 Å². The van der Waals surface area contributed by atoms with Crippen LogP contribution in [0.2, 0.25) is 0 Å². The predicted molar refractivity (Wildman–Crippen MR) is 34.7 cm³/mol. The molecule has 5 heteroatoms. The molecule has 0 saturated heterocycles. The van der Waals surface area contributed by atoms with Crippen LogP contribution in [-0.4, -0.2) is 14.2 Å². The van der Waals surface area contributed by atoms with Crippen LogP contribution in [0.5, 0.6) is 0 Å². The fourth-order valence-electron chi connectivity index (χ4n) is 0.0833. The van der Waals surface area contributed by atoms with E-state index in [4.69, 9.17) is 0 Å². The van der Waals surface area contributed by atoms with Gasteiger partial charge in [-0.1, -0.05) is 0 Å². The summed E-state index contributed by atoms with van der Waals surface area (Å²) in [7, 11) is 3.32. The quantitative estimate of drug-likeness (QED) is 0.766. The van der Waals surface area contributed by atoms with E-state index < -0.39 is 24.1 Å². The Kier molecular flexibility index (Phi) is 35.6. The van der Waals surface area contributed by atoms with Crippen LogP contribution in [0.4, 0.5) is 0 Å². The summed E-state index contributed by atoms with van der Waals surface area (Å²) in [6.45, 7) is 0. The van der Waals surface area contributed by atoms with E-state index >= 15 is 0 Å². The van der Waals surface area contributed by atoms with Gasteiger partial charge < -0.3 is 0 Å². The Bertz CT molecular complexity index is 21.2. The number of hydrogen-bond donors (Lipinski definition) is 0. The Labute approximate surface area is 77.3 Å². The summed E-state index contributed by atoms with van der Waals surface area (Å²) >= 11 is -0.782. The van der Waals surface area contributed by atoms with E-state index in [1.807, 2.05) is 0 Å². The van der Waals surface area contributed by atoms with Gasteiger partial charge in [0.15, 0.2) is 0 Å². The summed E-state index contributed by atoms with van der Waals surface area (Å²) in [6, 6.07) is 0. The maximum absolute atomic E-state index is 4.64. The first-order valence-electron chi connectivity index (χ1n) is 1.22. The van der Waals surface area contributed by atoms with Crippen molar-refractivity contribution in [3.8, 4) is 0 Å². The molecular weight excluding hydrogens is 307 g/mol. The van der Waals surface area contributed by atoms with E-state index in [-0.39, 0.29) is 34.0 Å². The van der Waals surface area contributed by atoms with Gasteiger partial charge in [-0.25, -0.2) is 0 Å². The summed E-state index contributed by atoms with van der Waals surface area (Å²) in [6.07, 6.45) is 0. The van der Waals surface area contributed by atoms with Gasteiger partial charge in [0.1, 0.15) is 0 Å². The van der Waals surface area contributed by atoms with Crippen molar-refractivity contribution in [2.75, 3.05) is 14.2 Å². The molecule has 0 radical (unpaired) electrons. The van der Waals surface area contributed by atoms with Crippen molar-refractivity contribution < 1.29 is 29.7 Å². The van der Waals surface area contributed by atoms with E-state index in [1.165, 1.54) is 0 Å². The molecule has 0 heterocycles. The van der Waals surface area contributed by atoms with Crippen LogP contribution in [0.3, 0.4) is 0 Å². The second-order valence-electron chi connectivity index (χ2n) is 0.492. The van der Waals surface area contributed by atoms with E-state index in [1.54, 1.807) is 14.2 Å². The summed E-state index contributed by atoms with van der Waals surface area (Å²) in [5.41, 5.74) is 0. The zero-order valence-electron chi connectivity index (χ0n) is 4.13. The van der Waals surface area contributed by atoms with Gasteiger partial charge >= 0.3 is 44.0 Å². The van der Waals surface area contributed by atoms with Gasteiger partial charge in [0.05, 0.1) is 0 Å². The monoisotopic (exact) mass is 312 g/mol. The van der Waals surface area contributed by atoms with E-state index in [2.05, 4.69) is 5.63 Å². The first kappa shape index (κ1) is 15.9. The van der Waals surface area contributed by atoms with Crippen LogP contribution in [0.25, 0.3) is 0 Å². The van der Waals surface area contributed by atoms with Crippen molar-refractivity contribution in [2.24, 2.45) is 0 Å². The molecule has 0 aromatic heterocycles. The second-order valence-corrected chi connectivity index (χ2v) is 2.91. The average Bonchev–Trinajstić information content (AvgIpc) is 1.41. The molecule has 0 unspecified atom stereocenters. The molecule has 0 fully saturated rings. The minimum atomic E-state index is -0.782. The van der Waals surface area contributed by atoms with Crippen molar-refractivity contribution in [3.63, 3.8) is 0 Å². The van der Waals surface area contributed by atoms with Crippen LogP contribution < -0.4 is 0 Å². The molecule has 0 rings (SSSR count). The second kappa shape index (κ2) is 15.7. The van der Waals surface area contributed by atoms with Gasteiger partial charge in [-0.3, -0.25) is 0 Å². The third kappa shape index (κ3) is 18.2. The van der Waals surface area contributed by atoms with Crippen molar-refractivity contribution in [3.05, 3.63) is 0 Å². The molecule has 0 bridgehead atoms. The standard InChI is InChI=1S/2CH3O.2BrH.Zr/c2*1-2;;;/h2*1H3;2*1H;/q2*-1;;;+2. The van der Waals surface area contributed by atoms with Crippen LogP contribution in [0, 0.1) is 0 Å². The van der Waals surface area contributed by atoms with Crippen molar-refractivity contribution >= 4 is 34.0 Å². The summed E-state index contributed by atoms with van der Waals surface area (Å²) < 4.78 is 9.28. The molecule has 0 saturated carbocycles. The van der Waals surface area contributed by atoms with Gasteiger partial charge in [-0.15, -0.1) is 34.0 Å². The van der Waals surface area contributed by atoms with Crippen molar-refractivity contribution in [1.82, 2.24) is 0 Å². The van der Waals surface area contributed by atoms with Gasteiger partial charge in [0, 0.05) is 0 Å². The first-order chi connectivity index (χ1) is 2.41. The summed E-state index contributed by atoms with van der Waals surface area (Å²) in [4.78, 5) is 0. The molecule has 0 amide bonds. The molecule has 0 atom stereocenters. The molecule has 46 valence electrons. The third-order valence-electron chi connectivity index (χ3n) is 0.167. The zero-order chi connectivity index (χ0) is 4.12. The van der Waals surface area contributed by atoms with E-state index in [0.717, 1.165) is 0 Å². The first-order valence-corrected chi connectivity index (χ1v) is 3.23. The molecule has 0 N–H and O–H groups in total. The van der Waals surface area contributed by atoms with Crippen LogP contribution in [-0.2, 0) is 29.7 Å². The molecule has 0 spiro atoms. The molecule has 0 aromatic rings. The topological polar surface area (TPSA) is 18.5 Å². The van der Waals surface area contributed by atoms with Crippen LogP contribution >= 0.6 is 34.0 Å². The Morgan fingerprint density at radius 1 is 1.00 bits per heavy atom. The Hall–Kier alpha value is 1.76. The Morgan fingerprint density at radius 2 is 1.29 bits per heavy atom. The third-order valence-corrected chi connectivity index (χ3v) is 0.986. The molecule has 0 aliphatic carbocycles. The molecule has 7 heavy (non-hydrogen) atoms.